The summed E-state index contributed by atoms with van der Waals surface area (Å²) >= 11 is 0. The van der Waals surface area contributed by atoms with E-state index in [-0.39, 0.29) is 17.7 Å². The number of carbonyl (C=O) groups is 2. The molecule has 1 rings (SSSR count). The minimum atomic E-state index is -0.736. The molecule has 2 N–H and O–H groups in total. The highest BCUT2D eigenvalue weighted by molar-refractivity contribution is 5.82. The van der Waals surface area contributed by atoms with Gasteiger partial charge in [-0.1, -0.05) is 33.6 Å². The molecule has 1 unspecified atom stereocenters. The third-order valence-corrected chi connectivity index (χ3v) is 5.19. The van der Waals surface area contributed by atoms with E-state index in [1.165, 1.54) is 0 Å². The van der Waals surface area contributed by atoms with E-state index in [1.54, 1.807) is 0 Å². The Kier molecular flexibility index (Phi) is 7.20. The summed E-state index contributed by atoms with van der Waals surface area (Å²) in [6.45, 7) is 7.02. The number of hydrogen-bond donors (Lipinski definition) is 2. The Morgan fingerprint density at radius 2 is 1.81 bits per heavy atom. The summed E-state index contributed by atoms with van der Waals surface area (Å²) in [7, 11) is 0. The molecule has 0 aromatic heterocycles. The number of hydrogen-bond acceptors (Lipinski definition) is 2. The molecule has 0 saturated heterocycles. The highest BCUT2D eigenvalue weighted by atomic mass is 16.4. The van der Waals surface area contributed by atoms with Crippen LogP contribution in [-0.2, 0) is 9.59 Å². The molecule has 21 heavy (non-hydrogen) atoms. The molecule has 0 spiro atoms. The van der Waals surface area contributed by atoms with E-state index < -0.39 is 5.97 Å². The average Bonchev–Trinajstić information content (AvgIpc) is 2.91. The van der Waals surface area contributed by atoms with Gasteiger partial charge >= 0.3 is 5.97 Å². The molecule has 0 bridgehead atoms. The lowest BCUT2D eigenvalue weighted by Crippen LogP contribution is -2.39. The summed E-state index contributed by atoms with van der Waals surface area (Å²) < 4.78 is 0. The molecule has 1 aliphatic rings. The van der Waals surface area contributed by atoms with Crippen LogP contribution in [0.1, 0.15) is 72.1 Å². The van der Waals surface area contributed by atoms with Crippen LogP contribution >= 0.6 is 0 Å². The number of amides is 1. The third kappa shape index (κ3) is 5.33. The van der Waals surface area contributed by atoms with Gasteiger partial charge in [-0.25, -0.2) is 0 Å². The topological polar surface area (TPSA) is 66.4 Å². The van der Waals surface area contributed by atoms with Gasteiger partial charge < -0.3 is 10.4 Å². The van der Waals surface area contributed by atoms with Gasteiger partial charge in [0.1, 0.15) is 0 Å². The van der Waals surface area contributed by atoms with E-state index in [0.29, 0.717) is 24.8 Å². The van der Waals surface area contributed by atoms with Crippen molar-refractivity contribution in [3.63, 3.8) is 0 Å². The summed E-state index contributed by atoms with van der Waals surface area (Å²) in [5, 5.41) is 11.9. The van der Waals surface area contributed by atoms with Crippen LogP contribution in [0, 0.1) is 17.3 Å². The van der Waals surface area contributed by atoms with Crippen LogP contribution in [0.25, 0.3) is 0 Å². The largest absolute Gasteiger partial charge is 0.481 e. The average molecular weight is 297 g/mol. The first kappa shape index (κ1) is 18.0. The molecule has 4 heteroatoms. The van der Waals surface area contributed by atoms with Crippen LogP contribution in [-0.4, -0.2) is 23.5 Å². The zero-order valence-corrected chi connectivity index (χ0v) is 13.8. The maximum Gasteiger partial charge on any atom is 0.303 e. The van der Waals surface area contributed by atoms with Gasteiger partial charge in [-0.05, 0) is 43.9 Å². The zero-order chi connectivity index (χ0) is 15.9. The third-order valence-electron chi connectivity index (χ3n) is 5.19. The van der Waals surface area contributed by atoms with Crippen molar-refractivity contribution in [2.24, 2.45) is 17.3 Å². The van der Waals surface area contributed by atoms with Crippen molar-refractivity contribution >= 4 is 11.9 Å². The molecule has 0 radical (unpaired) electrons. The van der Waals surface area contributed by atoms with Crippen LogP contribution in [0.15, 0.2) is 0 Å². The normalized spacial score (nSPS) is 18.7. The molecule has 122 valence electrons. The Hall–Kier alpha value is -1.06. The van der Waals surface area contributed by atoms with Gasteiger partial charge in [0, 0.05) is 18.4 Å². The number of rotatable bonds is 9. The first-order valence-electron chi connectivity index (χ1n) is 8.41. The molecular weight excluding hydrogens is 266 g/mol. The van der Waals surface area contributed by atoms with Crippen LogP contribution in [0.3, 0.4) is 0 Å². The molecule has 4 nitrogen and oxygen atoms in total. The van der Waals surface area contributed by atoms with Crippen molar-refractivity contribution in [1.82, 2.24) is 5.32 Å². The first-order chi connectivity index (χ1) is 9.91. The predicted molar refractivity (Wildman–Crippen MR) is 84.0 cm³/mol. The number of carboxylic acids is 1. The number of nitrogens with one attached hydrogen (secondary N) is 1. The van der Waals surface area contributed by atoms with Crippen molar-refractivity contribution < 1.29 is 14.7 Å². The van der Waals surface area contributed by atoms with Gasteiger partial charge in [-0.15, -0.1) is 0 Å². The SMILES string of the molecule is CCC1(C(=O)NCCC(CCC(=O)O)C(C)C)CCCC1. The minimum Gasteiger partial charge on any atom is -0.481 e. The summed E-state index contributed by atoms with van der Waals surface area (Å²) in [5.74, 6) is 0.291. The minimum absolute atomic E-state index is 0.131. The summed E-state index contributed by atoms with van der Waals surface area (Å²) in [5.41, 5.74) is -0.131. The van der Waals surface area contributed by atoms with Gasteiger partial charge in [0.15, 0.2) is 0 Å². The fraction of sp³-hybridized carbons (Fsp3) is 0.882. The summed E-state index contributed by atoms with van der Waals surface area (Å²) in [6.07, 6.45) is 7.06. The van der Waals surface area contributed by atoms with E-state index in [4.69, 9.17) is 5.11 Å². The first-order valence-corrected chi connectivity index (χ1v) is 8.41. The van der Waals surface area contributed by atoms with E-state index in [0.717, 1.165) is 38.5 Å². The van der Waals surface area contributed by atoms with E-state index in [1.807, 2.05) is 0 Å². The van der Waals surface area contributed by atoms with Crippen molar-refractivity contribution in [3.05, 3.63) is 0 Å². The Morgan fingerprint density at radius 3 is 2.29 bits per heavy atom. The second kappa shape index (κ2) is 8.40. The zero-order valence-electron chi connectivity index (χ0n) is 13.8. The molecule has 0 heterocycles. The van der Waals surface area contributed by atoms with Gasteiger partial charge in [0.05, 0.1) is 0 Å². The summed E-state index contributed by atoms with van der Waals surface area (Å²) in [4.78, 5) is 23.1. The molecule has 0 aliphatic heterocycles. The highest BCUT2D eigenvalue weighted by Crippen LogP contribution is 2.41. The van der Waals surface area contributed by atoms with Gasteiger partial charge in [-0.3, -0.25) is 9.59 Å². The summed E-state index contributed by atoms with van der Waals surface area (Å²) in [6, 6.07) is 0. The molecule has 0 aromatic carbocycles. The molecule has 1 fully saturated rings. The second-order valence-corrected chi connectivity index (χ2v) is 6.82. The molecule has 0 aromatic rings. The molecular formula is C17H31NO3. The van der Waals surface area contributed by atoms with E-state index >= 15 is 0 Å². The molecule has 1 amide bonds. The van der Waals surface area contributed by atoms with Crippen molar-refractivity contribution in [3.8, 4) is 0 Å². The van der Waals surface area contributed by atoms with Gasteiger partial charge in [-0.2, -0.15) is 0 Å². The van der Waals surface area contributed by atoms with Crippen LogP contribution < -0.4 is 5.32 Å². The molecule has 1 saturated carbocycles. The lowest BCUT2D eigenvalue weighted by Gasteiger charge is -2.27. The predicted octanol–water partition coefficient (Wildman–Crippen LogP) is 3.60. The number of carbonyl (C=O) groups excluding carboxylic acids is 1. The van der Waals surface area contributed by atoms with E-state index in [9.17, 15) is 9.59 Å². The van der Waals surface area contributed by atoms with Crippen LogP contribution in [0.2, 0.25) is 0 Å². The lowest BCUT2D eigenvalue weighted by molar-refractivity contribution is -0.137. The van der Waals surface area contributed by atoms with Crippen molar-refractivity contribution in [2.45, 2.75) is 72.1 Å². The smallest absolute Gasteiger partial charge is 0.303 e. The van der Waals surface area contributed by atoms with Gasteiger partial charge in [0.25, 0.3) is 0 Å². The fourth-order valence-electron chi connectivity index (χ4n) is 3.47. The monoisotopic (exact) mass is 297 g/mol. The number of aliphatic carboxylic acids is 1. The van der Waals surface area contributed by atoms with Crippen LogP contribution in [0.5, 0.6) is 0 Å². The Bertz CT molecular complexity index is 346. The number of carboxylic acid groups (broad SMARTS) is 1. The Balaban J connectivity index is 2.39. The standard InChI is InChI=1S/C17H31NO3/c1-4-17(10-5-6-11-17)16(21)18-12-9-14(13(2)3)7-8-15(19)20/h13-14H,4-12H2,1-3H3,(H,18,21)(H,19,20). The van der Waals surface area contributed by atoms with Crippen LogP contribution in [0.4, 0.5) is 0 Å². The van der Waals surface area contributed by atoms with E-state index in [2.05, 4.69) is 26.1 Å². The lowest BCUT2D eigenvalue weighted by atomic mass is 9.82. The second-order valence-electron chi connectivity index (χ2n) is 6.82. The maximum atomic E-state index is 12.4. The Labute approximate surface area is 128 Å². The highest BCUT2D eigenvalue weighted by Gasteiger charge is 2.38. The van der Waals surface area contributed by atoms with Crippen molar-refractivity contribution in [2.75, 3.05) is 6.54 Å². The fourth-order valence-corrected chi connectivity index (χ4v) is 3.47. The van der Waals surface area contributed by atoms with Gasteiger partial charge in [0.2, 0.25) is 5.91 Å². The maximum absolute atomic E-state index is 12.4. The molecule has 1 atom stereocenters. The molecule has 1 aliphatic carbocycles. The van der Waals surface area contributed by atoms with Crippen molar-refractivity contribution in [1.29, 1.82) is 0 Å². The quantitative estimate of drug-likeness (QED) is 0.683. The Morgan fingerprint density at radius 1 is 1.19 bits per heavy atom.